The van der Waals surface area contributed by atoms with E-state index in [4.69, 9.17) is 0 Å². The number of piperazine rings is 1. The van der Waals surface area contributed by atoms with Gasteiger partial charge in [-0.2, -0.15) is 11.8 Å². The summed E-state index contributed by atoms with van der Waals surface area (Å²) in [6, 6.07) is 0.553. The molecule has 1 unspecified atom stereocenters. The molecule has 0 bridgehead atoms. The first-order valence-electron chi connectivity index (χ1n) is 8.43. The van der Waals surface area contributed by atoms with E-state index in [1.807, 2.05) is 7.05 Å². The second-order valence-corrected chi connectivity index (χ2v) is 8.95. The highest BCUT2D eigenvalue weighted by Crippen LogP contribution is 2.29. The molecular weight excluding hydrogens is 421 g/mol. The van der Waals surface area contributed by atoms with E-state index in [-0.39, 0.29) is 24.0 Å². The van der Waals surface area contributed by atoms with Gasteiger partial charge in [0.1, 0.15) is 0 Å². The Balaban J connectivity index is 0.00000264. The fraction of sp³-hybridized carbons (Fsp3) is 0.938. The SMILES string of the molecule is CN=C(NCC(C)N1CCN(C)CC1)N1CCSC(C)(C)C1.I. The summed E-state index contributed by atoms with van der Waals surface area (Å²) in [7, 11) is 4.11. The van der Waals surface area contributed by atoms with E-state index in [1.165, 1.54) is 31.9 Å². The highest BCUT2D eigenvalue weighted by atomic mass is 127. The number of guanidine groups is 1. The lowest BCUT2D eigenvalue weighted by molar-refractivity contribution is 0.119. The van der Waals surface area contributed by atoms with E-state index in [0.717, 1.165) is 25.6 Å². The fourth-order valence-corrected chi connectivity index (χ4v) is 4.27. The molecule has 1 N–H and O–H groups in total. The van der Waals surface area contributed by atoms with Crippen molar-refractivity contribution in [1.29, 1.82) is 0 Å². The number of aliphatic imine (C=N–C) groups is 1. The van der Waals surface area contributed by atoms with Gasteiger partial charge in [-0.1, -0.05) is 0 Å². The zero-order valence-corrected chi connectivity index (χ0v) is 18.5. The van der Waals surface area contributed by atoms with Crippen LogP contribution in [-0.4, -0.2) is 97.1 Å². The van der Waals surface area contributed by atoms with Gasteiger partial charge < -0.3 is 15.1 Å². The normalized spacial score (nSPS) is 24.9. The standard InChI is InChI=1S/C16H33N5S.HI/c1-14(20-8-6-19(5)7-9-20)12-18-15(17-4)21-10-11-22-16(2,3)13-21;/h14H,6-13H2,1-5H3,(H,17,18);1H. The zero-order chi connectivity index (χ0) is 16.2. The Kier molecular flexibility index (Phi) is 8.97. The maximum absolute atomic E-state index is 4.50. The summed E-state index contributed by atoms with van der Waals surface area (Å²) < 4.78 is 0.318. The second kappa shape index (κ2) is 9.68. The number of rotatable bonds is 3. The summed E-state index contributed by atoms with van der Waals surface area (Å²) in [6.45, 7) is 14.8. The van der Waals surface area contributed by atoms with Gasteiger partial charge in [0, 0.05) is 69.4 Å². The molecule has 0 radical (unpaired) electrons. The topological polar surface area (TPSA) is 34.1 Å². The molecule has 0 aromatic rings. The van der Waals surface area contributed by atoms with Crippen molar-refractivity contribution in [3.63, 3.8) is 0 Å². The molecule has 136 valence electrons. The first-order chi connectivity index (χ1) is 10.4. The van der Waals surface area contributed by atoms with Crippen LogP contribution in [0.15, 0.2) is 4.99 Å². The molecule has 2 rings (SSSR count). The Hall–Kier alpha value is 0.270. The minimum atomic E-state index is 0. The highest BCUT2D eigenvalue weighted by molar-refractivity contribution is 14.0. The van der Waals surface area contributed by atoms with Gasteiger partial charge in [0.05, 0.1) is 0 Å². The van der Waals surface area contributed by atoms with Crippen molar-refractivity contribution in [3.8, 4) is 0 Å². The molecule has 5 nitrogen and oxygen atoms in total. The van der Waals surface area contributed by atoms with Gasteiger partial charge in [0.2, 0.25) is 0 Å². The van der Waals surface area contributed by atoms with Crippen molar-refractivity contribution >= 4 is 41.7 Å². The van der Waals surface area contributed by atoms with E-state index in [0.29, 0.717) is 10.8 Å². The number of hydrogen-bond donors (Lipinski definition) is 1. The maximum atomic E-state index is 4.50. The molecule has 23 heavy (non-hydrogen) atoms. The Labute approximate surface area is 163 Å². The van der Waals surface area contributed by atoms with Crippen LogP contribution in [0, 0.1) is 0 Å². The summed E-state index contributed by atoms with van der Waals surface area (Å²) in [5.41, 5.74) is 0. The second-order valence-electron chi connectivity index (χ2n) is 7.15. The van der Waals surface area contributed by atoms with Crippen molar-refractivity contribution in [2.45, 2.75) is 31.6 Å². The van der Waals surface area contributed by atoms with Gasteiger partial charge in [-0.15, -0.1) is 24.0 Å². The van der Waals surface area contributed by atoms with Crippen LogP contribution >= 0.6 is 35.7 Å². The molecule has 0 aromatic heterocycles. The van der Waals surface area contributed by atoms with Gasteiger partial charge in [-0.3, -0.25) is 9.89 Å². The number of nitrogens with zero attached hydrogens (tertiary/aromatic N) is 4. The van der Waals surface area contributed by atoms with Crippen molar-refractivity contribution in [3.05, 3.63) is 0 Å². The van der Waals surface area contributed by atoms with Crippen molar-refractivity contribution < 1.29 is 0 Å². The molecule has 2 saturated heterocycles. The largest absolute Gasteiger partial charge is 0.355 e. The van der Waals surface area contributed by atoms with Crippen LogP contribution in [0.2, 0.25) is 0 Å². The summed E-state index contributed by atoms with van der Waals surface area (Å²) >= 11 is 2.06. The van der Waals surface area contributed by atoms with Gasteiger partial charge in [-0.25, -0.2) is 0 Å². The van der Waals surface area contributed by atoms with Gasteiger partial charge >= 0.3 is 0 Å². The first-order valence-corrected chi connectivity index (χ1v) is 9.42. The first kappa shape index (κ1) is 21.3. The lowest BCUT2D eigenvalue weighted by Crippen LogP contribution is -2.55. The van der Waals surface area contributed by atoms with Crippen LogP contribution in [0.4, 0.5) is 0 Å². The van der Waals surface area contributed by atoms with Gasteiger partial charge in [0.15, 0.2) is 5.96 Å². The number of thioether (sulfide) groups is 1. The molecule has 0 aromatic carbocycles. The van der Waals surface area contributed by atoms with E-state index in [9.17, 15) is 0 Å². The van der Waals surface area contributed by atoms with Crippen LogP contribution in [0.5, 0.6) is 0 Å². The molecule has 0 saturated carbocycles. The predicted octanol–water partition coefficient (Wildman–Crippen LogP) is 1.64. The molecule has 1 atom stereocenters. The molecule has 7 heteroatoms. The van der Waals surface area contributed by atoms with Crippen LogP contribution in [0.3, 0.4) is 0 Å². The Morgan fingerprint density at radius 3 is 2.43 bits per heavy atom. The minimum absolute atomic E-state index is 0. The number of halogens is 1. The van der Waals surface area contributed by atoms with Crippen LogP contribution < -0.4 is 5.32 Å². The lowest BCUT2D eigenvalue weighted by atomic mass is 10.2. The third-order valence-electron chi connectivity index (χ3n) is 4.65. The molecule has 2 heterocycles. The highest BCUT2D eigenvalue weighted by Gasteiger charge is 2.29. The Morgan fingerprint density at radius 2 is 1.87 bits per heavy atom. The third kappa shape index (κ3) is 6.59. The smallest absolute Gasteiger partial charge is 0.193 e. The van der Waals surface area contributed by atoms with E-state index >= 15 is 0 Å². The third-order valence-corrected chi connectivity index (χ3v) is 5.95. The Bertz CT molecular complexity index is 383. The van der Waals surface area contributed by atoms with E-state index in [1.54, 1.807) is 0 Å². The summed E-state index contributed by atoms with van der Waals surface area (Å²) in [5.74, 6) is 2.25. The Morgan fingerprint density at radius 1 is 1.22 bits per heavy atom. The molecular formula is C16H34IN5S. The van der Waals surface area contributed by atoms with Crippen molar-refractivity contribution in [1.82, 2.24) is 20.0 Å². The summed E-state index contributed by atoms with van der Waals surface area (Å²) in [4.78, 5) is 11.9. The number of hydrogen-bond acceptors (Lipinski definition) is 4. The molecule has 2 fully saturated rings. The van der Waals surface area contributed by atoms with Crippen LogP contribution in [0.1, 0.15) is 20.8 Å². The summed E-state index contributed by atoms with van der Waals surface area (Å²) in [6.07, 6.45) is 0. The molecule has 0 amide bonds. The van der Waals surface area contributed by atoms with Crippen LogP contribution in [-0.2, 0) is 0 Å². The van der Waals surface area contributed by atoms with Crippen LogP contribution in [0.25, 0.3) is 0 Å². The minimum Gasteiger partial charge on any atom is -0.355 e. The van der Waals surface area contributed by atoms with E-state index < -0.39 is 0 Å². The maximum Gasteiger partial charge on any atom is 0.193 e. The predicted molar refractivity (Wildman–Crippen MR) is 113 cm³/mol. The quantitative estimate of drug-likeness (QED) is 0.398. The van der Waals surface area contributed by atoms with E-state index in [2.05, 4.69) is 64.6 Å². The van der Waals surface area contributed by atoms with Gasteiger partial charge in [0.25, 0.3) is 0 Å². The van der Waals surface area contributed by atoms with Crippen molar-refractivity contribution in [2.75, 3.05) is 65.7 Å². The molecule has 2 aliphatic heterocycles. The average Bonchev–Trinajstić information content (AvgIpc) is 2.47. The molecule has 0 aliphatic carbocycles. The monoisotopic (exact) mass is 455 g/mol. The fourth-order valence-electron chi connectivity index (χ4n) is 3.16. The van der Waals surface area contributed by atoms with Gasteiger partial charge in [-0.05, 0) is 27.8 Å². The molecule has 2 aliphatic rings. The lowest BCUT2D eigenvalue weighted by Gasteiger charge is -2.40. The zero-order valence-electron chi connectivity index (χ0n) is 15.3. The average molecular weight is 455 g/mol. The summed E-state index contributed by atoms with van der Waals surface area (Å²) in [5, 5.41) is 3.60. The number of likely N-dealkylation sites (N-methyl/N-ethyl adjacent to an activating group) is 1. The molecule has 0 spiro atoms. The van der Waals surface area contributed by atoms with Crippen molar-refractivity contribution in [2.24, 2.45) is 4.99 Å². The number of nitrogens with one attached hydrogen (secondary N) is 1.